The Morgan fingerprint density at radius 1 is 0.947 bits per heavy atom. The van der Waals surface area contributed by atoms with Gasteiger partial charge in [0.25, 0.3) is 0 Å². The summed E-state index contributed by atoms with van der Waals surface area (Å²) in [4.78, 5) is 2.56. The molecule has 0 radical (unpaired) electrons. The Morgan fingerprint density at radius 2 is 1.58 bits per heavy atom. The number of ether oxygens (including phenoxy) is 3. The summed E-state index contributed by atoms with van der Waals surface area (Å²) in [6, 6.07) is 0.777. The van der Waals surface area contributed by atoms with Gasteiger partial charge in [0.2, 0.25) is 0 Å². The summed E-state index contributed by atoms with van der Waals surface area (Å²) in [5.74, 6) is 0. The van der Waals surface area contributed by atoms with Crippen LogP contribution in [0.15, 0.2) is 0 Å². The normalized spacial score (nSPS) is 16.6. The molecule has 5 heteroatoms. The molecule has 1 aliphatic carbocycles. The minimum Gasteiger partial charge on any atom is -0.382 e. The Hall–Kier alpha value is 0.320. The highest BCUT2D eigenvalue weighted by Crippen LogP contribution is 2.23. The molecule has 1 fully saturated rings. The number of alkyl halides is 1. The topological polar surface area (TPSA) is 30.9 Å². The molecular weight excluding hydrogens is 310 g/mol. The highest BCUT2D eigenvalue weighted by molar-refractivity contribution is 9.09. The van der Waals surface area contributed by atoms with E-state index >= 15 is 0 Å². The van der Waals surface area contributed by atoms with Crippen molar-refractivity contribution < 1.29 is 14.2 Å². The molecule has 0 aromatic rings. The molecule has 0 saturated heterocycles. The summed E-state index contributed by atoms with van der Waals surface area (Å²) in [5.41, 5.74) is 0. The molecule has 1 rings (SSSR count). The lowest BCUT2D eigenvalue weighted by atomic mass is 10.2. The van der Waals surface area contributed by atoms with Crippen LogP contribution in [0.2, 0.25) is 0 Å². The smallest absolute Gasteiger partial charge is 0.0701 e. The van der Waals surface area contributed by atoms with Crippen LogP contribution in [0.3, 0.4) is 0 Å². The Balaban J connectivity index is 1.98. The van der Waals surface area contributed by atoms with E-state index in [1.54, 1.807) is 7.11 Å². The standard InChI is InChI=1S/C14H28BrNO3/c1-17-10-11-19-13-12-18-9-8-16(7-6-15)14-4-2-3-5-14/h14H,2-13H2,1H3. The van der Waals surface area contributed by atoms with Gasteiger partial charge in [-0.2, -0.15) is 0 Å². The fraction of sp³-hybridized carbons (Fsp3) is 1.00. The van der Waals surface area contributed by atoms with E-state index in [2.05, 4.69) is 20.8 Å². The maximum Gasteiger partial charge on any atom is 0.0701 e. The minimum atomic E-state index is 0.650. The van der Waals surface area contributed by atoms with Gasteiger partial charge in [-0.25, -0.2) is 0 Å². The third-order valence-corrected chi connectivity index (χ3v) is 3.89. The van der Waals surface area contributed by atoms with Crippen molar-refractivity contribution in [1.82, 2.24) is 4.90 Å². The fourth-order valence-corrected chi connectivity index (χ4v) is 2.96. The van der Waals surface area contributed by atoms with E-state index in [0.717, 1.165) is 31.1 Å². The Morgan fingerprint density at radius 3 is 2.21 bits per heavy atom. The second-order valence-electron chi connectivity index (χ2n) is 4.88. The molecule has 114 valence electrons. The molecule has 0 aromatic carbocycles. The van der Waals surface area contributed by atoms with Gasteiger partial charge in [0.15, 0.2) is 0 Å². The molecule has 0 aliphatic heterocycles. The van der Waals surface area contributed by atoms with Crippen molar-refractivity contribution >= 4 is 15.9 Å². The number of rotatable bonds is 12. The van der Waals surface area contributed by atoms with Crippen LogP contribution in [0.1, 0.15) is 25.7 Å². The summed E-state index contributed by atoms with van der Waals surface area (Å²) in [7, 11) is 1.68. The molecule has 0 amide bonds. The first kappa shape index (κ1) is 17.4. The number of hydrogen-bond donors (Lipinski definition) is 0. The van der Waals surface area contributed by atoms with Gasteiger partial charge in [-0.05, 0) is 12.8 Å². The molecule has 0 spiro atoms. The molecule has 19 heavy (non-hydrogen) atoms. The third kappa shape index (κ3) is 8.25. The summed E-state index contributed by atoms with van der Waals surface area (Å²) >= 11 is 3.54. The largest absolute Gasteiger partial charge is 0.382 e. The highest BCUT2D eigenvalue weighted by Gasteiger charge is 2.21. The Labute approximate surface area is 125 Å². The highest BCUT2D eigenvalue weighted by atomic mass is 79.9. The van der Waals surface area contributed by atoms with Crippen LogP contribution in [0.5, 0.6) is 0 Å². The number of nitrogens with zero attached hydrogens (tertiary/aromatic N) is 1. The Kier molecular flexibility index (Phi) is 11.1. The molecular formula is C14H28BrNO3. The molecule has 0 aromatic heterocycles. The van der Waals surface area contributed by atoms with Crippen molar-refractivity contribution in [2.75, 3.05) is 58.6 Å². The molecule has 0 N–H and O–H groups in total. The van der Waals surface area contributed by atoms with Gasteiger partial charge < -0.3 is 14.2 Å². The van der Waals surface area contributed by atoms with Crippen LogP contribution < -0.4 is 0 Å². The van der Waals surface area contributed by atoms with Crippen LogP contribution >= 0.6 is 15.9 Å². The second kappa shape index (κ2) is 12.1. The van der Waals surface area contributed by atoms with Crippen molar-refractivity contribution in [3.63, 3.8) is 0 Å². The van der Waals surface area contributed by atoms with Crippen molar-refractivity contribution in [1.29, 1.82) is 0 Å². The van der Waals surface area contributed by atoms with Crippen molar-refractivity contribution in [2.45, 2.75) is 31.7 Å². The van der Waals surface area contributed by atoms with Crippen LogP contribution in [0.25, 0.3) is 0 Å². The van der Waals surface area contributed by atoms with Crippen LogP contribution in [0.4, 0.5) is 0 Å². The van der Waals surface area contributed by atoms with E-state index in [1.165, 1.54) is 25.7 Å². The summed E-state index contributed by atoms with van der Waals surface area (Å²) < 4.78 is 15.9. The van der Waals surface area contributed by atoms with Gasteiger partial charge in [-0.3, -0.25) is 4.90 Å². The molecule has 1 saturated carbocycles. The summed E-state index contributed by atoms with van der Waals surface area (Å²) in [6.45, 7) is 5.60. The zero-order valence-corrected chi connectivity index (χ0v) is 13.7. The first-order valence-corrected chi connectivity index (χ1v) is 8.45. The maximum atomic E-state index is 5.63. The number of halogens is 1. The van der Waals surface area contributed by atoms with Gasteiger partial charge in [0.1, 0.15) is 0 Å². The average Bonchev–Trinajstić information content (AvgIpc) is 2.94. The summed E-state index contributed by atoms with van der Waals surface area (Å²) in [6.07, 6.45) is 5.48. The lowest BCUT2D eigenvalue weighted by Gasteiger charge is -2.27. The van der Waals surface area contributed by atoms with Gasteiger partial charge in [0.05, 0.1) is 33.0 Å². The molecule has 0 unspecified atom stereocenters. The zero-order chi connectivity index (χ0) is 13.8. The predicted octanol–water partition coefficient (Wildman–Crippen LogP) is 2.31. The van der Waals surface area contributed by atoms with Crippen LogP contribution in [0, 0.1) is 0 Å². The molecule has 0 atom stereocenters. The van der Waals surface area contributed by atoms with E-state index in [4.69, 9.17) is 14.2 Å². The quantitative estimate of drug-likeness (QED) is 0.404. The third-order valence-electron chi connectivity index (χ3n) is 3.54. The average molecular weight is 338 g/mol. The number of methoxy groups -OCH3 is 1. The molecule has 0 bridgehead atoms. The van der Waals surface area contributed by atoms with Gasteiger partial charge in [0, 0.05) is 31.6 Å². The van der Waals surface area contributed by atoms with Crippen LogP contribution in [-0.2, 0) is 14.2 Å². The predicted molar refractivity (Wildman–Crippen MR) is 81.1 cm³/mol. The van der Waals surface area contributed by atoms with E-state index in [1.807, 2.05) is 0 Å². The molecule has 1 aliphatic rings. The minimum absolute atomic E-state index is 0.650. The zero-order valence-electron chi connectivity index (χ0n) is 12.1. The van der Waals surface area contributed by atoms with Crippen molar-refractivity contribution in [3.8, 4) is 0 Å². The van der Waals surface area contributed by atoms with Crippen LogP contribution in [-0.4, -0.2) is 69.5 Å². The van der Waals surface area contributed by atoms with Gasteiger partial charge >= 0.3 is 0 Å². The van der Waals surface area contributed by atoms with E-state index in [0.29, 0.717) is 26.4 Å². The molecule has 0 heterocycles. The molecule has 4 nitrogen and oxygen atoms in total. The van der Waals surface area contributed by atoms with Gasteiger partial charge in [-0.1, -0.05) is 28.8 Å². The first-order valence-electron chi connectivity index (χ1n) is 7.33. The monoisotopic (exact) mass is 337 g/mol. The van der Waals surface area contributed by atoms with E-state index in [-0.39, 0.29) is 0 Å². The van der Waals surface area contributed by atoms with Crippen molar-refractivity contribution in [3.05, 3.63) is 0 Å². The van der Waals surface area contributed by atoms with E-state index in [9.17, 15) is 0 Å². The first-order chi connectivity index (χ1) is 9.38. The number of hydrogen-bond acceptors (Lipinski definition) is 4. The fourth-order valence-electron chi connectivity index (χ4n) is 2.50. The Bertz CT molecular complexity index is 201. The maximum absolute atomic E-state index is 5.63. The summed E-state index contributed by atoms with van der Waals surface area (Å²) in [5, 5.41) is 1.05. The van der Waals surface area contributed by atoms with E-state index < -0.39 is 0 Å². The second-order valence-corrected chi connectivity index (χ2v) is 5.67. The lowest BCUT2D eigenvalue weighted by molar-refractivity contribution is 0.0172. The van der Waals surface area contributed by atoms with Gasteiger partial charge in [-0.15, -0.1) is 0 Å². The lowest BCUT2D eigenvalue weighted by Crippen LogP contribution is -2.37. The van der Waals surface area contributed by atoms with Crippen molar-refractivity contribution in [2.24, 2.45) is 0 Å². The SMILES string of the molecule is COCCOCCOCCN(CCBr)C1CCCC1.